The number of thiophene rings is 1. The van der Waals surface area contributed by atoms with Gasteiger partial charge >= 0.3 is 0 Å². The fraction of sp³-hybridized carbons (Fsp3) is 0.455. The van der Waals surface area contributed by atoms with Crippen LogP contribution in [0.2, 0.25) is 0 Å². The normalized spacial score (nSPS) is 18.0. The molecule has 5 nitrogen and oxygen atoms in total. The molecule has 2 aliphatic rings. The van der Waals surface area contributed by atoms with Gasteiger partial charge in [-0.2, -0.15) is 0 Å². The molecule has 4 rings (SSSR count). The van der Waals surface area contributed by atoms with Crippen LogP contribution in [-0.2, 0) is 26.3 Å². The second kappa shape index (κ2) is 8.05. The average molecular weight is 399 g/mol. The lowest BCUT2D eigenvalue weighted by molar-refractivity contribution is -0.140. The van der Waals surface area contributed by atoms with Gasteiger partial charge in [0.2, 0.25) is 11.8 Å². The molecule has 2 amide bonds. The Hall–Kier alpha value is -2.18. The molecule has 0 unspecified atom stereocenters. The van der Waals surface area contributed by atoms with E-state index >= 15 is 0 Å². The first-order chi connectivity index (χ1) is 13.6. The molecule has 1 fully saturated rings. The molecule has 148 valence electrons. The van der Waals surface area contributed by atoms with Crippen LogP contribution in [0.15, 0.2) is 36.4 Å². The zero-order valence-corrected chi connectivity index (χ0v) is 17.0. The van der Waals surface area contributed by atoms with E-state index in [2.05, 4.69) is 35.6 Å². The Bertz CT molecular complexity index is 854. The molecule has 0 aliphatic carbocycles. The Kier molecular flexibility index (Phi) is 5.51. The summed E-state index contributed by atoms with van der Waals surface area (Å²) in [6.07, 6.45) is 2.98. The zero-order chi connectivity index (χ0) is 19.6. The lowest BCUT2D eigenvalue weighted by Gasteiger charge is -2.44. The Labute approximate surface area is 169 Å². The lowest BCUT2D eigenvalue weighted by atomic mass is 9.82. The molecule has 6 heteroatoms. The molecule has 2 aliphatic heterocycles. The third kappa shape index (κ3) is 3.84. The van der Waals surface area contributed by atoms with Gasteiger partial charge in [-0.3, -0.25) is 9.59 Å². The number of carbonyl (C=O) groups is 2. The van der Waals surface area contributed by atoms with E-state index in [0.717, 1.165) is 25.9 Å². The first-order valence-corrected chi connectivity index (χ1v) is 10.7. The van der Waals surface area contributed by atoms with Crippen LogP contribution >= 0.6 is 11.3 Å². The molecule has 1 N–H and O–H groups in total. The number of amides is 2. The number of piperidine rings is 1. The number of nitrogens with one attached hydrogen (secondary N) is 1. The Balaban J connectivity index is 1.46. The highest BCUT2D eigenvalue weighted by Gasteiger charge is 2.42. The number of carbonyl (C=O) groups excluding carboxylic acids is 2. The molecule has 2 aromatic rings. The number of hydrogen-bond acceptors (Lipinski definition) is 4. The molecule has 3 heterocycles. The van der Waals surface area contributed by atoms with Crippen LogP contribution < -0.4 is 5.32 Å². The maximum absolute atomic E-state index is 12.4. The molecular weight excluding hydrogens is 372 g/mol. The van der Waals surface area contributed by atoms with E-state index in [1.807, 2.05) is 22.3 Å². The highest BCUT2D eigenvalue weighted by Crippen LogP contribution is 2.46. The highest BCUT2D eigenvalue weighted by atomic mass is 32.1. The second-order valence-corrected chi connectivity index (χ2v) is 8.66. The fourth-order valence-corrected chi connectivity index (χ4v) is 5.43. The predicted molar refractivity (Wildman–Crippen MR) is 110 cm³/mol. The van der Waals surface area contributed by atoms with Crippen molar-refractivity contribution < 1.29 is 14.3 Å². The number of ether oxygens (including phenoxy) is 1. The van der Waals surface area contributed by atoms with E-state index in [9.17, 15) is 9.59 Å². The van der Waals surface area contributed by atoms with Gasteiger partial charge in [-0.15, -0.1) is 11.3 Å². The third-order valence-electron chi connectivity index (χ3n) is 5.70. The monoisotopic (exact) mass is 398 g/mol. The van der Waals surface area contributed by atoms with E-state index in [0.29, 0.717) is 26.1 Å². The second-order valence-electron chi connectivity index (χ2n) is 7.52. The van der Waals surface area contributed by atoms with Crippen molar-refractivity contribution in [3.63, 3.8) is 0 Å². The minimum absolute atomic E-state index is 0.0970. The van der Waals surface area contributed by atoms with Crippen molar-refractivity contribution in [2.45, 2.75) is 38.2 Å². The largest absolute Gasteiger partial charge is 0.370 e. The van der Waals surface area contributed by atoms with Crippen LogP contribution in [0.4, 0.5) is 0 Å². The summed E-state index contributed by atoms with van der Waals surface area (Å²) >= 11 is 1.88. The maximum Gasteiger partial charge on any atom is 0.224 e. The van der Waals surface area contributed by atoms with Crippen LogP contribution in [0, 0.1) is 0 Å². The average Bonchev–Trinajstić information content (AvgIpc) is 3.15. The molecule has 1 saturated heterocycles. The molecule has 1 aromatic heterocycles. The molecule has 0 bridgehead atoms. The van der Waals surface area contributed by atoms with Gasteiger partial charge in [0, 0.05) is 49.2 Å². The number of hydrogen-bond donors (Lipinski definition) is 1. The zero-order valence-electron chi connectivity index (χ0n) is 16.2. The molecule has 0 atom stereocenters. The van der Waals surface area contributed by atoms with Gasteiger partial charge in [0.15, 0.2) is 0 Å². The molecule has 0 saturated carbocycles. The molecule has 1 spiro atoms. The van der Waals surface area contributed by atoms with E-state index in [1.54, 1.807) is 0 Å². The van der Waals surface area contributed by atoms with Gasteiger partial charge in [0.25, 0.3) is 0 Å². The van der Waals surface area contributed by atoms with Crippen molar-refractivity contribution in [2.24, 2.45) is 0 Å². The topological polar surface area (TPSA) is 58.6 Å². The van der Waals surface area contributed by atoms with E-state index in [-0.39, 0.29) is 17.4 Å². The van der Waals surface area contributed by atoms with Gasteiger partial charge in [-0.05, 0) is 30.0 Å². The van der Waals surface area contributed by atoms with Gasteiger partial charge < -0.3 is 15.0 Å². The summed E-state index contributed by atoms with van der Waals surface area (Å²) in [6.45, 7) is 4.03. The third-order valence-corrected chi connectivity index (χ3v) is 6.95. The first kappa shape index (κ1) is 19.2. The number of rotatable bonds is 4. The fourth-order valence-electron chi connectivity index (χ4n) is 4.20. The van der Waals surface area contributed by atoms with Crippen molar-refractivity contribution in [1.29, 1.82) is 0 Å². The van der Waals surface area contributed by atoms with E-state index < -0.39 is 0 Å². The van der Waals surface area contributed by atoms with Crippen LogP contribution in [-0.4, -0.2) is 43.0 Å². The summed E-state index contributed by atoms with van der Waals surface area (Å²) < 4.78 is 6.33. The maximum atomic E-state index is 12.4. The Morgan fingerprint density at radius 2 is 1.96 bits per heavy atom. The Morgan fingerprint density at radius 1 is 1.21 bits per heavy atom. The Morgan fingerprint density at radius 3 is 2.68 bits per heavy atom. The molecule has 0 radical (unpaired) electrons. The van der Waals surface area contributed by atoms with Crippen molar-refractivity contribution in [1.82, 2.24) is 10.2 Å². The number of nitrogens with zero attached hydrogens (tertiary/aromatic N) is 1. The number of benzene rings is 1. The summed E-state index contributed by atoms with van der Waals surface area (Å²) in [5.74, 6) is 0.00939. The van der Waals surface area contributed by atoms with Crippen molar-refractivity contribution in [3.05, 3.63) is 46.8 Å². The van der Waals surface area contributed by atoms with Crippen molar-refractivity contribution in [3.8, 4) is 10.4 Å². The van der Waals surface area contributed by atoms with Crippen molar-refractivity contribution in [2.75, 3.05) is 26.2 Å². The molecule has 28 heavy (non-hydrogen) atoms. The standard InChI is InChI=1S/C22H26N2O3S/c1-16(25)23-11-7-21(26)24-12-9-22(10-13-24)18-15-20(17-5-3-2-4-6-17)28-19(18)8-14-27-22/h2-6,15H,7-14H2,1H3,(H,23,25). The van der Waals surface area contributed by atoms with Crippen LogP contribution in [0.25, 0.3) is 10.4 Å². The van der Waals surface area contributed by atoms with E-state index in [4.69, 9.17) is 4.74 Å². The summed E-state index contributed by atoms with van der Waals surface area (Å²) in [7, 11) is 0. The van der Waals surface area contributed by atoms with Crippen LogP contribution in [0.3, 0.4) is 0 Å². The van der Waals surface area contributed by atoms with E-state index in [1.165, 1.54) is 27.8 Å². The smallest absolute Gasteiger partial charge is 0.224 e. The molecular formula is C22H26N2O3S. The van der Waals surface area contributed by atoms with Crippen molar-refractivity contribution >= 4 is 23.2 Å². The van der Waals surface area contributed by atoms with Gasteiger partial charge in [-0.25, -0.2) is 0 Å². The SMILES string of the molecule is CC(=O)NCCC(=O)N1CCC2(CC1)OCCc1sc(-c3ccccc3)cc12. The minimum Gasteiger partial charge on any atom is -0.370 e. The summed E-state index contributed by atoms with van der Waals surface area (Å²) in [4.78, 5) is 28.0. The minimum atomic E-state index is -0.258. The van der Waals surface area contributed by atoms with Gasteiger partial charge in [0.05, 0.1) is 12.2 Å². The lowest BCUT2D eigenvalue weighted by Crippen LogP contribution is -2.48. The predicted octanol–water partition coefficient (Wildman–Crippen LogP) is 3.33. The number of likely N-dealkylation sites (tertiary alicyclic amines) is 1. The first-order valence-electron chi connectivity index (χ1n) is 9.92. The van der Waals surface area contributed by atoms with Gasteiger partial charge in [-0.1, -0.05) is 30.3 Å². The number of fused-ring (bicyclic) bond motifs is 2. The van der Waals surface area contributed by atoms with Crippen LogP contribution in [0.5, 0.6) is 0 Å². The quantitative estimate of drug-likeness (QED) is 0.859. The summed E-state index contributed by atoms with van der Waals surface area (Å²) in [6, 6.07) is 12.8. The summed E-state index contributed by atoms with van der Waals surface area (Å²) in [5.41, 5.74) is 2.32. The highest BCUT2D eigenvalue weighted by molar-refractivity contribution is 7.15. The summed E-state index contributed by atoms with van der Waals surface area (Å²) in [5, 5.41) is 2.69. The molecule has 1 aromatic carbocycles. The van der Waals surface area contributed by atoms with Gasteiger partial charge in [0.1, 0.15) is 0 Å². The van der Waals surface area contributed by atoms with Crippen LogP contribution in [0.1, 0.15) is 36.6 Å².